The standard InChI is InChI=1S/C3H3BrN2S/c4-2-3(5)6-1-7-2/h1H,5H2. The van der Waals surface area contributed by atoms with Crippen LogP contribution in [0, 0.1) is 0 Å². The van der Waals surface area contributed by atoms with Gasteiger partial charge in [0.1, 0.15) is 9.60 Å². The van der Waals surface area contributed by atoms with Crippen molar-refractivity contribution in [2.24, 2.45) is 0 Å². The Morgan fingerprint density at radius 1 is 1.86 bits per heavy atom. The summed E-state index contributed by atoms with van der Waals surface area (Å²) in [6.07, 6.45) is 0. The quantitative estimate of drug-likeness (QED) is 0.655. The zero-order valence-corrected chi connectivity index (χ0v) is 5.79. The van der Waals surface area contributed by atoms with E-state index in [1.165, 1.54) is 11.3 Å². The molecule has 0 aliphatic heterocycles. The van der Waals surface area contributed by atoms with Gasteiger partial charge in [0, 0.05) is 0 Å². The number of hydrogen-bond acceptors (Lipinski definition) is 3. The number of thiazole rings is 1. The van der Waals surface area contributed by atoms with Crippen molar-refractivity contribution in [3.05, 3.63) is 9.30 Å². The minimum absolute atomic E-state index is 0.574. The van der Waals surface area contributed by atoms with E-state index in [1.54, 1.807) is 5.51 Å². The van der Waals surface area contributed by atoms with Crippen molar-refractivity contribution in [3.8, 4) is 0 Å². The van der Waals surface area contributed by atoms with E-state index >= 15 is 0 Å². The van der Waals surface area contributed by atoms with Crippen LogP contribution < -0.4 is 5.73 Å². The second kappa shape index (κ2) is 1.79. The highest BCUT2D eigenvalue weighted by atomic mass is 79.9. The molecular weight excluding hydrogens is 176 g/mol. The fourth-order valence-electron chi connectivity index (χ4n) is 0.241. The molecule has 0 saturated carbocycles. The van der Waals surface area contributed by atoms with Gasteiger partial charge in [0.05, 0.1) is 5.51 Å². The normalized spacial score (nSPS) is 9.29. The minimum atomic E-state index is 0.574. The summed E-state index contributed by atoms with van der Waals surface area (Å²) in [4.78, 5) is 3.77. The van der Waals surface area contributed by atoms with Crippen molar-refractivity contribution in [2.45, 2.75) is 0 Å². The first-order valence-corrected chi connectivity index (χ1v) is 3.32. The summed E-state index contributed by atoms with van der Waals surface area (Å²) in [7, 11) is 0. The van der Waals surface area contributed by atoms with Gasteiger partial charge in [0.15, 0.2) is 0 Å². The summed E-state index contributed by atoms with van der Waals surface area (Å²) in [6.45, 7) is 0. The van der Waals surface area contributed by atoms with Gasteiger partial charge in [-0.2, -0.15) is 0 Å². The lowest BCUT2D eigenvalue weighted by atomic mass is 10.8. The van der Waals surface area contributed by atoms with Gasteiger partial charge in [0.2, 0.25) is 0 Å². The molecule has 0 aliphatic rings. The second-order valence-corrected chi connectivity index (χ2v) is 3.18. The van der Waals surface area contributed by atoms with Crippen LogP contribution in [-0.4, -0.2) is 4.98 Å². The molecule has 1 rings (SSSR count). The van der Waals surface area contributed by atoms with Gasteiger partial charge in [-0.3, -0.25) is 0 Å². The predicted molar refractivity (Wildman–Crippen MR) is 34.2 cm³/mol. The Hall–Kier alpha value is -0.0900. The molecule has 4 heteroatoms. The fourth-order valence-corrected chi connectivity index (χ4v) is 1.03. The molecular formula is C3H3BrN2S. The van der Waals surface area contributed by atoms with Gasteiger partial charge in [-0.1, -0.05) is 0 Å². The van der Waals surface area contributed by atoms with Gasteiger partial charge in [-0.15, -0.1) is 11.3 Å². The van der Waals surface area contributed by atoms with E-state index in [1.807, 2.05) is 0 Å². The summed E-state index contributed by atoms with van der Waals surface area (Å²) in [6, 6.07) is 0. The monoisotopic (exact) mass is 178 g/mol. The Morgan fingerprint density at radius 2 is 2.57 bits per heavy atom. The summed E-state index contributed by atoms with van der Waals surface area (Å²) >= 11 is 4.68. The van der Waals surface area contributed by atoms with Crippen LogP contribution >= 0.6 is 27.3 Å². The van der Waals surface area contributed by atoms with Crippen LogP contribution in [0.3, 0.4) is 0 Å². The zero-order chi connectivity index (χ0) is 5.28. The number of rotatable bonds is 0. The van der Waals surface area contributed by atoms with Gasteiger partial charge < -0.3 is 5.73 Å². The van der Waals surface area contributed by atoms with Crippen LogP contribution in [0.2, 0.25) is 0 Å². The SMILES string of the molecule is Nc1ncsc1Br. The molecule has 0 aromatic carbocycles. The van der Waals surface area contributed by atoms with Crippen molar-refractivity contribution >= 4 is 33.1 Å². The van der Waals surface area contributed by atoms with Gasteiger partial charge in [-0.25, -0.2) is 4.98 Å². The van der Waals surface area contributed by atoms with E-state index < -0.39 is 0 Å². The number of nitrogen functional groups attached to an aromatic ring is 1. The summed E-state index contributed by atoms with van der Waals surface area (Å²) in [5.41, 5.74) is 6.99. The number of nitrogens with zero attached hydrogens (tertiary/aromatic N) is 1. The van der Waals surface area contributed by atoms with Crippen LogP contribution in [0.5, 0.6) is 0 Å². The highest BCUT2D eigenvalue weighted by molar-refractivity contribution is 9.11. The zero-order valence-electron chi connectivity index (χ0n) is 3.39. The molecule has 0 spiro atoms. The first-order valence-electron chi connectivity index (χ1n) is 1.65. The number of nitrogens with two attached hydrogens (primary N) is 1. The third-order valence-corrected chi connectivity index (χ3v) is 2.14. The molecule has 0 atom stereocenters. The molecule has 0 aliphatic carbocycles. The smallest absolute Gasteiger partial charge is 0.148 e. The second-order valence-electron chi connectivity index (χ2n) is 1.01. The fraction of sp³-hybridized carbons (Fsp3) is 0. The third kappa shape index (κ3) is 0.920. The molecule has 0 unspecified atom stereocenters. The highest BCUT2D eigenvalue weighted by Gasteiger charge is 1.92. The number of hydrogen-bond donors (Lipinski definition) is 1. The Labute approximate surface area is 53.5 Å². The first kappa shape index (κ1) is 5.05. The van der Waals surface area contributed by atoms with Crippen molar-refractivity contribution in [3.63, 3.8) is 0 Å². The molecule has 0 amide bonds. The lowest BCUT2D eigenvalue weighted by Gasteiger charge is -1.76. The highest BCUT2D eigenvalue weighted by Crippen LogP contribution is 2.21. The van der Waals surface area contributed by atoms with Gasteiger partial charge >= 0.3 is 0 Å². The summed E-state index contributed by atoms with van der Waals surface area (Å²) in [5.74, 6) is 0.574. The average molecular weight is 179 g/mol. The molecule has 38 valence electrons. The van der Waals surface area contributed by atoms with E-state index in [-0.39, 0.29) is 0 Å². The summed E-state index contributed by atoms with van der Waals surface area (Å²) in [5, 5.41) is 0. The van der Waals surface area contributed by atoms with Crippen molar-refractivity contribution < 1.29 is 0 Å². The van der Waals surface area contributed by atoms with E-state index in [2.05, 4.69) is 20.9 Å². The van der Waals surface area contributed by atoms with Gasteiger partial charge in [-0.05, 0) is 15.9 Å². The molecule has 0 bridgehead atoms. The number of anilines is 1. The third-order valence-electron chi connectivity index (χ3n) is 0.549. The van der Waals surface area contributed by atoms with Crippen LogP contribution in [0.4, 0.5) is 5.82 Å². The minimum Gasteiger partial charge on any atom is -0.382 e. The Kier molecular flexibility index (Phi) is 1.30. The predicted octanol–water partition coefficient (Wildman–Crippen LogP) is 1.49. The topological polar surface area (TPSA) is 38.9 Å². The molecule has 2 N–H and O–H groups in total. The van der Waals surface area contributed by atoms with Crippen LogP contribution in [0.15, 0.2) is 9.30 Å². The van der Waals surface area contributed by atoms with Crippen LogP contribution in [-0.2, 0) is 0 Å². The molecule has 1 aromatic rings. The molecule has 0 fully saturated rings. The molecule has 1 heterocycles. The average Bonchev–Trinajstić information content (AvgIpc) is 1.91. The molecule has 0 saturated heterocycles. The molecule has 1 aromatic heterocycles. The maximum absolute atomic E-state index is 5.29. The van der Waals surface area contributed by atoms with E-state index in [0.717, 1.165) is 3.79 Å². The van der Waals surface area contributed by atoms with E-state index in [9.17, 15) is 0 Å². The lowest BCUT2D eigenvalue weighted by Crippen LogP contribution is -1.81. The van der Waals surface area contributed by atoms with Crippen LogP contribution in [0.25, 0.3) is 0 Å². The van der Waals surface area contributed by atoms with Crippen molar-refractivity contribution in [1.29, 1.82) is 0 Å². The number of aromatic nitrogens is 1. The Morgan fingerprint density at radius 3 is 2.71 bits per heavy atom. The molecule has 2 nitrogen and oxygen atoms in total. The maximum atomic E-state index is 5.29. The number of halogens is 1. The van der Waals surface area contributed by atoms with E-state index in [0.29, 0.717) is 5.82 Å². The molecule has 0 radical (unpaired) electrons. The Balaban J connectivity index is 3.12. The van der Waals surface area contributed by atoms with Crippen molar-refractivity contribution in [2.75, 3.05) is 5.73 Å². The maximum Gasteiger partial charge on any atom is 0.148 e. The first-order chi connectivity index (χ1) is 3.30. The van der Waals surface area contributed by atoms with Crippen LogP contribution in [0.1, 0.15) is 0 Å². The van der Waals surface area contributed by atoms with Gasteiger partial charge in [0.25, 0.3) is 0 Å². The van der Waals surface area contributed by atoms with E-state index in [4.69, 9.17) is 5.73 Å². The summed E-state index contributed by atoms with van der Waals surface area (Å²) < 4.78 is 0.910. The van der Waals surface area contributed by atoms with Crippen molar-refractivity contribution in [1.82, 2.24) is 4.98 Å². The largest absolute Gasteiger partial charge is 0.382 e. The molecule has 7 heavy (non-hydrogen) atoms. The Bertz CT molecular complexity index is 145. The lowest BCUT2D eigenvalue weighted by molar-refractivity contribution is 1.42.